The van der Waals surface area contributed by atoms with Crippen molar-refractivity contribution >= 4 is 0 Å². The van der Waals surface area contributed by atoms with Crippen LogP contribution < -0.4 is 5.32 Å². The smallest absolute Gasteiger partial charge is 0.0502 e. The molecule has 0 aromatic heterocycles. The molecule has 3 heteroatoms. The van der Waals surface area contributed by atoms with Crippen molar-refractivity contribution in [3.05, 3.63) is 0 Å². The molecular formula is C16H32N2O. The number of likely N-dealkylation sites (tertiary alicyclic amines) is 1. The third-order valence-corrected chi connectivity index (χ3v) is 4.90. The Morgan fingerprint density at radius 2 is 2.00 bits per heavy atom. The SMILES string of the molecule is CCNC(CN1CCCC(COC)C1)C1CCCC1. The number of hydrogen-bond donors (Lipinski definition) is 1. The molecule has 1 aliphatic carbocycles. The third-order valence-electron chi connectivity index (χ3n) is 4.90. The average Bonchev–Trinajstić information content (AvgIpc) is 2.93. The standard InChI is InChI=1S/C16H32N2O/c1-3-17-16(15-8-4-5-9-15)12-18-10-6-7-14(11-18)13-19-2/h14-17H,3-13H2,1-2H3. The van der Waals surface area contributed by atoms with E-state index >= 15 is 0 Å². The number of rotatable bonds is 7. The van der Waals surface area contributed by atoms with E-state index in [1.165, 1.54) is 58.2 Å². The quantitative estimate of drug-likeness (QED) is 0.768. The van der Waals surface area contributed by atoms with E-state index in [1.807, 2.05) is 7.11 Å². The fraction of sp³-hybridized carbons (Fsp3) is 1.00. The van der Waals surface area contributed by atoms with Crippen LogP contribution in [-0.4, -0.2) is 50.8 Å². The summed E-state index contributed by atoms with van der Waals surface area (Å²) in [6.45, 7) is 8.06. The lowest BCUT2D eigenvalue weighted by Gasteiger charge is -2.36. The number of nitrogens with one attached hydrogen (secondary N) is 1. The van der Waals surface area contributed by atoms with Gasteiger partial charge in [-0.1, -0.05) is 19.8 Å². The molecule has 0 aromatic carbocycles. The van der Waals surface area contributed by atoms with Gasteiger partial charge in [-0.2, -0.15) is 0 Å². The second-order valence-corrected chi connectivity index (χ2v) is 6.43. The molecule has 19 heavy (non-hydrogen) atoms. The summed E-state index contributed by atoms with van der Waals surface area (Å²) in [5.74, 6) is 1.67. The Kier molecular flexibility index (Phi) is 6.62. The highest BCUT2D eigenvalue weighted by molar-refractivity contribution is 4.85. The van der Waals surface area contributed by atoms with E-state index in [9.17, 15) is 0 Å². The second-order valence-electron chi connectivity index (χ2n) is 6.43. The van der Waals surface area contributed by atoms with Crippen molar-refractivity contribution in [2.45, 2.75) is 51.5 Å². The Morgan fingerprint density at radius 3 is 2.68 bits per heavy atom. The van der Waals surface area contributed by atoms with Crippen LogP contribution in [0.5, 0.6) is 0 Å². The lowest BCUT2D eigenvalue weighted by atomic mass is 9.94. The second kappa shape index (κ2) is 8.23. The van der Waals surface area contributed by atoms with Crippen molar-refractivity contribution in [3.8, 4) is 0 Å². The van der Waals surface area contributed by atoms with E-state index in [2.05, 4.69) is 17.1 Å². The highest BCUT2D eigenvalue weighted by Crippen LogP contribution is 2.29. The van der Waals surface area contributed by atoms with E-state index < -0.39 is 0 Å². The predicted molar refractivity (Wildman–Crippen MR) is 80.5 cm³/mol. The third kappa shape index (κ3) is 4.73. The van der Waals surface area contributed by atoms with Crippen molar-refractivity contribution in [1.29, 1.82) is 0 Å². The predicted octanol–water partition coefficient (Wildman–Crippen LogP) is 2.51. The summed E-state index contributed by atoms with van der Waals surface area (Å²) in [6, 6.07) is 0.716. The number of methoxy groups -OCH3 is 1. The van der Waals surface area contributed by atoms with Gasteiger partial charge in [0.05, 0.1) is 6.61 Å². The van der Waals surface area contributed by atoms with E-state index in [0.29, 0.717) is 6.04 Å². The molecule has 0 spiro atoms. The van der Waals surface area contributed by atoms with E-state index in [4.69, 9.17) is 4.74 Å². The van der Waals surface area contributed by atoms with Gasteiger partial charge >= 0.3 is 0 Å². The van der Waals surface area contributed by atoms with Crippen LogP contribution in [-0.2, 0) is 4.74 Å². The van der Waals surface area contributed by atoms with Crippen LogP contribution >= 0.6 is 0 Å². The Hall–Kier alpha value is -0.120. The molecule has 3 nitrogen and oxygen atoms in total. The monoisotopic (exact) mass is 268 g/mol. The van der Waals surface area contributed by atoms with Gasteiger partial charge in [0.15, 0.2) is 0 Å². The van der Waals surface area contributed by atoms with Crippen molar-refractivity contribution in [2.75, 3.05) is 39.9 Å². The Bertz CT molecular complexity index is 239. The number of piperidine rings is 1. The first-order chi connectivity index (χ1) is 9.33. The number of likely N-dealkylation sites (N-methyl/N-ethyl adjacent to an activating group) is 1. The van der Waals surface area contributed by atoms with Gasteiger partial charge < -0.3 is 15.0 Å². The maximum absolute atomic E-state index is 5.34. The van der Waals surface area contributed by atoms with Gasteiger partial charge in [-0.3, -0.25) is 0 Å². The van der Waals surface area contributed by atoms with Gasteiger partial charge in [-0.15, -0.1) is 0 Å². The van der Waals surface area contributed by atoms with Gasteiger partial charge in [0, 0.05) is 26.2 Å². The maximum atomic E-state index is 5.34. The fourth-order valence-corrected chi connectivity index (χ4v) is 3.97. The molecule has 2 fully saturated rings. The molecule has 1 heterocycles. The summed E-state index contributed by atoms with van der Waals surface area (Å²) < 4.78 is 5.34. The van der Waals surface area contributed by atoms with Crippen molar-refractivity contribution < 1.29 is 4.74 Å². The summed E-state index contributed by atoms with van der Waals surface area (Å²) in [5.41, 5.74) is 0. The summed E-state index contributed by atoms with van der Waals surface area (Å²) in [5, 5.41) is 3.75. The number of ether oxygens (including phenoxy) is 1. The zero-order valence-electron chi connectivity index (χ0n) is 12.9. The highest BCUT2D eigenvalue weighted by Gasteiger charge is 2.28. The Labute approximate surface area is 119 Å². The van der Waals surface area contributed by atoms with Gasteiger partial charge in [0.2, 0.25) is 0 Å². The molecule has 1 aliphatic heterocycles. The van der Waals surface area contributed by atoms with Gasteiger partial charge in [-0.25, -0.2) is 0 Å². The molecule has 2 unspecified atom stereocenters. The van der Waals surface area contributed by atoms with E-state index in [-0.39, 0.29) is 0 Å². The van der Waals surface area contributed by atoms with Crippen LogP contribution in [0.4, 0.5) is 0 Å². The fourth-order valence-electron chi connectivity index (χ4n) is 3.97. The molecule has 2 atom stereocenters. The maximum Gasteiger partial charge on any atom is 0.0502 e. The van der Waals surface area contributed by atoms with Gasteiger partial charge in [-0.05, 0) is 50.6 Å². The zero-order valence-corrected chi connectivity index (χ0v) is 12.9. The molecule has 1 N–H and O–H groups in total. The first-order valence-corrected chi connectivity index (χ1v) is 8.28. The van der Waals surface area contributed by atoms with Crippen molar-refractivity contribution in [2.24, 2.45) is 11.8 Å². The minimum absolute atomic E-state index is 0.716. The van der Waals surface area contributed by atoms with Crippen LogP contribution in [0.3, 0.4) is 0 Å². The topological polar surface area (TPSA) is 24.5 Å². The van der Waals surface area contributed by atoms with E-state index in [0.717, 1.165) is 25.0 Å². The molecule has 1 saturated carbocycles. The zero-order chi connectivity index (χ0) is 13.5. The van der Waals surface area contributed by atoms with Crippen LogP contribution in [0, 0.1) is 11.8 Å². The summed E-state index contributed by atoms with van der Waals surface area (Å²) in [6.07, 6.45) is 8.45. The average molecular weight is 268 g/mol. The molecule has 0 amide bonds. The first-order valence-electron chi connectivity index (χ1n) is 8.28. The summed E-state index contributed by atoms with van der Waals surface area (Å²) >= 11 is 0. The molecular weight excluding hydrogens is 236 g/mol. The first kappa shape index (κ1) is 15.3. The van der Waals surface area contributed by atoms with E-state index in [1.54, 1.807) is 0 Å². The molecule has 0 bridgehead atoms. The van der Waals surface area contributed by atoms with Crippen LogP contribution in [0.25, 0.3) is 0 Å². The number of nitrogens with zero attached hydrogens (tertiary/aromatic N) is 1. The van der Waals surface area contributed by atoms with Crippen LogP contribution in [0.15, 0.2) is 0 Å². The molecule has 112 valence electrons. The van der Waals surface area contributed by atoms with Gasteiger partial charge in [0.25, 0.3) is 0 Å². The molecule has 1 saturated heterocycles. The van der Waals surface area contributed by atoms with Crippen LogP contribution in [0.2, 0.25) is 0 Å². The molecule has 2 aliphatic rings. The minimum atomic E-state index is 0.716. The molecule has 0 aromatic rings. The highest BCUT2D eigenvalue weighted by atomic mass is 16.5. The normalized spacial score (nSPS) is 27.8. The van der Waals surface area contributed by atoms with Crippen molar-refractivity contribution in [1.82, 2.24) is 10.2 Å². The summed E-state index contributed by atoms with van der Waals surface area (Å²) in [4.78, 5) is 2.68. The summed E-state index contributed by atoms with van der Waals surface area (Å²) in [7, 11) is 1.83. The lowest BCUT2D eigenvalue weighted by molar-refractivity contribution is 0.0813. The molecule has 2 rings (SSSR count). The van der Waals surface area contributed by atoms with Gasteiger partial charge in [0.1, 0.15) is 0 Å². The lowest BCUT2D eigenvalue weighted by Crippen LogP contribution is -2.48. The Morgan fingerprint density at radius 1 is 1.21 bits per heavy atom. The number of hydrogen-bond acceptors (Lipinski definition) is 3. The minimum Gasteiger partial charge on any atom is -0.384 e. The Balaban J connectivity index is 1.81. The van der Waals surface area contributed by atoms with Crippen LogP contribution in [0.1, 0.15) is 45.4 Å². The van der Waals surface area contributed by atoms with Crippen molar-refractivity contribution in [3.63, 3.8) is 0 Å². The largest absolute Gasteiger partial charge is 0.384 e. The molecule has 0 radical (unpaired) electrons.